The molecule has 0 aliphatic rings. The van der Waals surface area contributed by atoms with Gasteiger partial charge in [0.15, 0.2) is 0 Å². The molecule has 110 valence electrons. The highest BCUT2D eigenvalue weighted by atomic mass is 16.5. The lowest BCUT2D eigenvalue weighted by molar-refractivity contribution is -0.165. The van der Waals surface area contributed by atoms with Gasteiger partial charge in [0.1, 0.15) is 6.61 Å². The van der Waals surface area contributed by atoms with Gasteiger partial charge in [-0.1, -0.05) is 41.5 Å². The second-order valence-electron chi connectivity index (χ2n) is 7.95. The molecule has 0 bridgehead atoms. The molecule has 0 spiro atoms. The lowest BCUT2D eigenvalue weighted by Gasteiger charge is -2.43. The van der Waals surface area contributed by atoms with E-state index in [1.807, 2.05) is 6.92 Å². The number of carbonyl (C=O) groups is 1. The number of rotatable bonds is 4. The fourth-order valence-corrected chi connectivity index (χ4v) is 2.10. The van der Waals surface area contributed by atoms with Crippen molar-refractivity contribution in [2.75, 3.05) is 6.61 Å². The smallest absolute Gasteiger partial charge is 0.312 e. The van der Waals surface area contributed by atoms with Gasteiger partial charge in [0, 0.05) is 0 Å². The zero-order valence-electron chi connectivity index (χ0n) is 13.8. The summed E-state index contributed by atoms with van der Waals surface area (Å²) in [6.07, 6.45) is 0.753. The van der Waals surface area contributed by atoms with Crippen LogP contribution in [0.25, 0.3) is 0 Å². The molecule has 0 saturated carbocycles. The molecule has 0 fully saturated rings. The van der Waals surface area contributed by atoms with Crippen molar-refractivity contribution in [2.45, 2.75) is 61.8 Å². The van der Waals surface area contributed by atoms with Crippen LogP contribution >= 0.6 is 0 Å². The van der Waals surface area contributed by atoms with Gasteiger partial charge in [-0.05, 0) is 31.1 Å². The number of carbonyl (C=O) groups excluding carboxylic acids is 1. The second kappa shape index (κ2) is 5.94. The van der Waals surface area contributed by atoms with E-state index < -0.39 is 5.41 Å². The van der Waals surface area contributed by atoms with E-state index in [1.54, 1.807) is 6.92 Å². The predicted octanol–water partition coefficient (Wildman–Crippen LogP) is 4.18. The number of hydrogen-bond acceptors (Lipinski definition) is 3. The average Bonchev–Trinajstić information content (AvgIpc) is 2.21. The van der Waals surface area contributed by atoms with E-state index in [9.17, 15) is 4.79 Å². The van der Waals surface area contributed by atoms with Crippen LogP contribution in [0, 0.1) is 33.5 Å². The maximum atomic E-state index is 12.5. The molecule has 19 heavy (non-hydrogen) atoms. The Morgan fingerprint density at radius 3 is 1.95 bits per heavy atom. The molecule has 3 nitrogen and oxygen atoms in total. The summed E-state index contributed by atoms with van der Waals surface area (Å²) in [6, 6.07) is 2.08. The van der Waals surface area contributed by atoms with Crippen LogP contribution < -0.4 is 0 Å². The molecule has 2 unspecified atom stereocenters. The highest BCUT2D eigenvalue weighted by Crippen LogP contribution is 2.47. The lowest BCUT2D eigenvalue weighted by atomic mass is 9.61. The number of nitriles is 1. The maximum absolute atomic E-state index is 12.5. The van der Waals surface area contributed by atoms with Crippen molar-refractivity contribution in [1.29, 1.82) is 5.26 Å². The van der Waals surface area contributed by atoms with Gasteiger partial charge in [0.2, 0.25) is 0 Å². The first-order valence-corrected chi connectivity index (χ1v) is 6.90. The van der Waals surface area contributed by atoms with E-state index in [2.05, 4.69) is 47.6 Å². The summed E-state index contributed by atoms with van der Waals surface area (Å²) in [4.78, 5) is 12.5. The quantitative estimate of drug-likeness (QED) is 0.718. The Morgan fingerprint density at radius 1 is 1.16 bits per heavy atom. The Labute approximate surface area is 118 Å². The molecule has 0 aromatic carbocycles. The first-order valence-electron chi connectivity index (χ1n) is 6.90. The summed E-state index contributed by atoms with van der Waals surface area (Å²) in [5.74, 6) is -0.458. The molecule has 0 N–H and O–H groups in total. The minimum Gasteiger partial charge on any atom is -0.464 e. The molecular formula is C16H29NO2. The van der Waals surface area contributed by atoms with Crippen LogP contribution in [0.2, 0.25) is 0 Å². The van der Waals surface area contributed by atoms with E-state index in [0.717, 1.165) is 6.42 Å². The minimum atomic E-state index is -0.555. The Hall–Kier alpha value is -1.04. The summed E-state index contributed by atoms with van der Waals surface area (Å²) in [5.41, 5.74) is -0.699. The highest BCUT2D eigenvalue weighted by molar-refractivity contribution is 5.77. The molecule has 0 rings (SSSR count). The maximum Gasteiger partial charge on any atom is 0.312 e. The third-order valence-electron chi connectivity index (χ3n) is 3.67. The molecule has 0 amide bonds. The molecule has 0 aliphatic heterocycles. The molecule has 0 saturated heterocycles. The van der Waals surface area contributed by atoms with E-state index >= 15 is 0 Å². The number of hydrogen-bond donors (Lipinski definition) is 0. The van der Waals surface area contributed by atoms with Gasteiger partial charge in [-0.15, -0.1) is 0 Å². The lowest BCUT2D eigenvalue weighted by Crippen LogP contribution is -2.44. The van der Waals surface area contributed by atoms with E-state index in [1.165, 1.54) is 0 Å². The van der Waals surface area contributed by atoms with Crippen LogP contribution in [0.4, 0.5) is 0 Å². The standard InChI is InChI=1S/C16H29NO2/c1-12(9-17)10-19-13(18)16(8,15(5,6)7)11-14(2,3)4/h12H,10-11H2,1-8H3. The van der Waals surface area contributed by atoms with Gasteiger partial charge in [-0.3, -0.25) is 4.79 Å². The average molecular weight is 267 g/mol. The highest BCUT2D eigenvalue weighted by Gasteiger charge is 2.47. The zero-order valence-corrected chi connectivity index (χ0v) is 13.8. The SMILES string of the molecule is CC(C#N)COC(=O)C(C)(CC(C)(C)C)C(C)(C)C. The predicted molar refractivity (Wildman–Crippen MR) is 77.4 cm³/mol. The normalized spacial score (nSPS) is 17.2. The van der Waals surface area contributed by atoms with Gasteiger partial charge in [-0.2, -0.15) is 5.26 Å². The Kier molecular flexibility index (Phi) is 5.62. The molecule has 2 atom stereocenters. The van der Waals surface area contributed by atoms with E-state index in [0.29, 0.717) is 0 Å². The fourth-order valence-electron chi connectivity index (χ4n) is 2.10. The number of ether oxygens (including phenoxy) is 1. The van der Waals surface area contributed by atoms with Gasteiger partial charge in [-0.25, -0.2) is 0 Å². The third-order valence-corrected chi connectivity index (χ3v) is 3.67. The molecular weight excluding hydrogens is 238 g/mol. The third kappa shape index (κ3) is 5.22. The van der Waals surface area contributed by atoms with Crippen molar-refractivity contribution < 1.29 is 9.53 Å². The van der Waals surface area contributed by atoms with Gasteiger partial charge < -0.3 is 4.74 Å². The van der Waals surface area contributed by atoms with Crippen molar-refractivity contribution >= 4 is 5.97 Å². The van der Waals surface area contributed by atoms with Crippen LogP contribution in [0.15, 0.2) is 0 Å². The minimum absolute atomic E-state index is 0.0435. The Balaban J connectivity index is 5.07. The summed E-state index contributed by atoms with van der Waals surface area (Å²) in [5, 5.41) is 8.76. The molecule has 0 radical (unpaired) electrons. The van der Waals surface area contributed by atoms with Crippen molar-refractivity contribution in [2.24, 2.45) is 22.2 Å². The second-order valence-corrected chi connectivity index (χ2v) is 7.95. The summed E-state index contributed by atoms with van der Waals surface area (Å²) in [6.45, 7) is 16.5. The number of nitrogens with zero attached hydrogens (tertiary/aromatic N) is 1. The van der Waals surface area contributed by atoms with Crippen molar-refractivity contribution in [3.8, 4) is 6.07 Å². The summed E-state index contributed by atoms with van der Waals surface area (Å²) in [7, 11) is 0. The topological polar surface area (TPSA) is 50.1 Å². The van der Waals surface area contributed by atoms with Gasteiger partial charge in [0.25, 0.3) is 0 Å². The molecule has 0 aromatic heterocycles. The molecule has 3 heteroatoms. The van der Waals surface area contributed by atoms with Crippen LogP contribution in [-0.4, -0.2) is 12.6 Å². The van der Waals surface area contributed by atoms with Crippen LogP contribution in [-0.2, 0) is 9.53 Å². The van der Waals surface area contributed by atoms with E-state index in [-0.39, 0.29) is 29.3 Å². The van der Waals surface area contributed by atoms with Crippen LogP contribution in [0.1, 0.15) is 61.8 Å². The first-order chi connectivity index (χ1) is 8.33. The monoisotopic (exact) mass is 267 g/mol. The van der Waals surface area contributed by atoms with Crippen LogP contribution in [0.5, 0.6) is 0 Å². The van der Waals surface area contributed by atoms with E-state index in [4.69, 9.17) is 10.00 Å². The summed E-state index contributed by atoms with van der Waals surface area (Å²) >= 11 is 0. The largest absolute Gasteiger partial charge is 0.464 e. The molecule has 0 aliphatic carbocycles. The van der Waals surface area contributed by atoms with Crippen LogP contribution in [0.3, 0.4) is 0 Å². The van der Waals surface area contributed by atoms with Gasteiger partial charge in [0.05, 0.1) is 17.4 Å². The molecule has 0 aromatic rings. The summed E-state index contributed by atoms with van der Waals surface area (Å²) < 4.78 is 5.37. The van der Waals surface area contributed by atoms with Crippen molar-refractivity contribution in [3.05, 3.63) is 0 Å². The fraction of sp³-hybridized carbons (Fsp3) is 0.875. The van der Waals surface area contributed by atoms with Gasteiger partial charge >= 0.3 is 5.97 Å². The number of esters is 1. The first kappa shape index (κ1) is 18.0. The van der Waals surface area contributed by atoms with Crippen molar-refractivity contribution in [3.63, 3.8) is 0 Å². The molecule has 0 heterocycles. The van der Waals surface area contributed by atoms with Crippen molar-refractivity contribution in [1.82, 2.24) is 0 Å². The Bertz CT molecular complexity index is 354. The Morgan fingerprint density at radius 2 is 1.63 bits per heavy atom. The zero-order chi connectivity index (χ0) is 15.5.